The quantitative estimate of drug-likeness (QED) is 0.257. The number of hydrogen-bond donors (Lipinski definition) is 0. The van der Waals surface area contributed by atoms with Crippen molar-refractivity contribution in [2.75, 3.05) is 14.1 Å². The highest BCUT2D eigenvalue weighted by molar-refractivity contribution is 6.05. The second kappa shape index (κ2) is 11.3. The molecule has 1 rings (SSSR count). The largest absolute Gasteiger partial charge is 0.595 e. The number of carbonyl (C=O) groups excluding carboxylic acids is 3. The lowest BCUT2D eigenvalue weighted by atomic mass is 10.0. The molecule has 1 unspecified atom stereocenters. The molecule has 0 radical (unpaired) electrons. The first kappa shape index (κ1) is 25.1. The molecule has 0 fully saturated rings. The van der Waals surface area contributed by atoms with Crippen LogP contribution in [0.5, 0.6) is 0 Å². The lowest BCUT2D eigenvalue weighted by Gasteiger charge is -2.30. The fourth-order valence-corrected chi connectivity index (χ4v) is 2.26. The molecule has 1 aromatic rings. The van der Waals surface area contributed by atoms with E-state index in [1.165, 1.54) is 19.0 Å². The summed E-state index contributed by atoms with van der Waals surface area (Å²) in [5.74, 6) is -2.98. The predicted octanol–water partition coefficient (Wildman–Crippen LogP) is 1.41. The van der Waals surface area contributed by atoms with Gasteiger partial charge in [0.05, 0.1) is 0 Å². The Bertz CT molecular complexity index is 759. The van der Waals surface area contributed by atoms with Gasteiger partial charge in [-0.05, 0) is 12.0 Å². The molecule has 0 aliphatic rings. The number of esters is 1. The maximum absolute atomic E-state index is 14.5. The molecule has 0 heterocycles. The standard InChI is InChI=1S/C21H29FN2O6/c1-21(2,3)30-20(28)23-15(11-12-16(25)24(4)5)18(26)17(22)19(27)29-13-14-9-7-6-8-10-14/h6-10,15,17H,11-13H2,1-5H3,(H,23,28)/p-1/t15-,17?/m0/s1. The number of amides is 1. The number of benzene rings is 1. The number of Topliss-reactive ketones (excluding diaryl/α,β-unsaturated/α-hetero) is 1. The van der Waals surface area contributed by atoms with E-state index in [1.807, 2.05) is 0 Å². The molecule has 9 heteroatoms. The van der Waals surface area contributed by atoms with Crippen LogP contribution < -0.4 is 5.11 Å². The number of halogens is 1. The molecule has 166 valence electrons. The van der Waals surface area contributed by atoms with Crippen molar-refractivity contribution in [1.82, 2.24) is 4.90 Å². The lowest BCUT2D eigenvalue weighted by molar-refractivity contribution is -0.261. The summed E-state index contributed by atoms with van der Waals surface area (Å²) >= 11 is 0. The van der Waals surface area contributed by atoms with E-state index < -0.39 is 35.7 Å². The average molecular weight is 423 g/mol. The van der Waals surface area contributed by atoms with E-state index in [1.54, 1.807) is 51.1 Å². The fourth-order valence-electron chi connectivity index (χ4n) is 2.26. The average Bonchev–Trinajstić information content (AvgIpc) is 2.67. The topological polar surface area (TPSA) is 108 Å². The van der Waals surface area contributed by atoms with Crippen molar-refractivity contribution < 1.29 is 33.4 Å². The number of ketones is 1. The van der Waals surface area contributed by atoms with Gasteiger partial charge in [-0.15, -0.1) is 0 Å². The molecule has 8 nitrogen and oxygen atoms in total. The molecular weight excluding hydrogens is 395 g/mol. The summed E-state index contributed by atoms with van der Waals surface area (Å²) < 4.78 is 24.4. The van der Waals surface area contributed by atoms with Crippen molar-refractivity contribution in [2.45, 2.75) is 58.0 Å². The number of carbonyl (C=O) groups is 3. The highest BCUT2D eigenvalue weighted by Gasteiger charge is 2.34. The zero-order chi connectivity index (χ0) is 22.9. The summed E-state index contributed by atoms with van der Waals surface area (Å²) in [4.78, 5) is 41.1. The third kappa shape index (κ3) is 9.02. The summed E-state index contributed by atoms with van der Waals surface area (Å²) in [5.41, 5.74) is -0.255. The van der Waals surface area contributed by atoms with Gasteiger partial charge in [0.25, 0.3) is 6.17 Å². The molecule has 0 bridgehead atoms. The van der Waals surface area contributed by atoms with Crippen molar-refractivity contribution in [3.63, 3.8) is 0 Å². The van der Waals surface area contributed by atoms with Gasteiger partial charge in [0.15, 0.2) is 0 Å². The smallest absolute Gasteiger partial charge is 0.349 e. The Labute approximate surface area is 175 Å². The summed E-state index contributed by atoms with van der Waals surface area (Å²) in [6.45, 7) is 4.60. The van der Waals surface area contributed by atoms with Gasteiger partial charge in [-0.2, -0.15) is 0 Å². The summed E-state index contributed by atoms with van der Waals surface area (Å²) in [6, 6.07) is 7.01. The van der Waals surface area contributed by atoms with Crippen LogP contribution in [-0.2, 0) is 30.5 Å². The first-order valence-electron chi connectivity index (χ1n) is 9.43. The van der Waals surface area contributed by atoms with Gasteiger partial charge in [0, 0.05) is 26.1 Å². The van der Waals surface area contributed by atoms with E-state index in [0.29, 0.717) is 5.56 Å². The molecular formula is C21H28FN2O6-. The number of alkyl halides is 1. The molecule has 0 aromatic heterocycles. The van der Waals surface area contributed by atoms with E-state index in [9.17, 15) is 23.9 Å². The Morgan fingerprint density at radius 3 is 2.30 bits per heavy atom. The van der Waals surface area contributed by atoms with Gasteiger partial charge in [0.1, 0.15) is 18.7 Å². The third-order valence-corrected chi connectivity index (χ3v) is 3.79. The first-order chi connectivity index (χ1) is 13.9. The molecule has 0 aliphatic heterocycles. The fraction of sp³-hybridized carbons (Fsp3) is 0.524. The highest BCUT2D eigenvalue weighted by Crippen LogP contribution is 2.14. The monoisotopic (exact) mass is 423 g/mol. The molecule has 2 atom stereocenters. The van der Waals surface area contributed by atoms with Crippen molar-refractivity contribution in [1.29, 1.82) is 0 Å². The second-order valence-electron chi connectivity index (χ2n) is 7.81. The normalized spacial score (nSPS) is 13.9. The second-order valence-corrected chi connectivity index (χ2v) is 7.81. The minimum Gasteiger partial charge on any atom is -0.595 e. The van der Waals surface area contributed by atoms with Crippen molar-refractivity contribution in [3.05, 3.63) is 35.9 Å². The van der Waals surface area contributed by atoms with E-state index in [0.717, 1.165) is 0 Å². The molecule has 0 saturated carbocycles. The third-order valence-electron chi connectivity index (χ3n) is 3.79. The Kier molecular flexibility index (Phi) is 9.42. The van der Waals surface area contributed by atoms with Crippen LogP contribution in [0.3, 0.4) is 0 Å². The Morgan fingerprint density at radius 2 is 1.77 bits per heavy atom. The van der Waals surface area contributed by atoms with Crippen LogP contribution in [0, 0.1) is 0 Å². The van der Waals surface area contributed by atoms with Gasteiger partial charge in [0.2, 0.25) is 11.7 Å². The number of nitrogens with zero attached hydrogens (tertiary/aromatic N) is 2. The van der Waals surface area contributed by atoms with Gasteiger partial charge >= 0.3 is 5.97 Å². The molecule has 1 amide bonds. The van der Waals surface area contributed by atoms with Crippen LogP contribution in [0.1, 0.15) is 39.2 Å². The van der Waals surface area contributed by atoms with Crippen molar-refractivity contribution >= 4 is 23.7 Å². The van der Waals surface area contributed by atoms with Crippen molar-refractivity contribution in [3.8, 4) is 0 Å². The van der Waals surface area contributed by atoms with E-state index >= 15 is 0 Å². The Morgan fingerprint density at radius 1 is 1.17 bits per heavy atom. The molecule has 0 spiro atoms. The minimum atomic E-state index is -2.64. The highest BCUT2D eigenvalue weighted by atomic mass is 19.1. The number of hydrogen-bond acceptors (Lipinski definition) is 7. The van der Waals surface area contributed by atoms with E-state index in [2.05, 4.69) is 4.99 Å². The minimum absolute atomic E-state index is 0.165. The summed E-state index contributed by atoms with van der Waals surface area (Å²) in [5, 5.41) is 12.0. The van der Waals surface area contributed by atoms with Crippen molar-refractivity contribution in [2.24, 2.45) is 4.99 Å². The van der Waals surface area contributed by atoms with Gasteiger partial charge in [-0.3, -0.25) is 14.6 Å². The number of aliphatic imine (C=N–C) groups is 1. The number of rotatable bonds is 9. The molecule has 0 N–H and O–H groups in total. The maximum Gasteiger partial charge on any atom is 0.349 e. The first-order valence-corrected chi connectivity index (χ1v) is 9.43. The zero-order valence-electron chi connectivity index (χ0n) is 17.9. The zero-order valence-corrected chi connectivity index (χ0v) is 17.9. The van der Waals surface area contributed by atoms with Gasteiger partial charge in [-0.25, -0.2) is 9.18 Å². The maximum atomic E-state index is 14.5. The van der Waals surface area contributed by atoms with Gasteiger partial charge in [-0.1, -0.05) is 51.1 Å². The van der Waals surface area contributed by atoms with E-state index in [-0.39, 0.29) is 25.4 Å². The molecule has 30 heavy (non-hydrogen) atoms. The predicted molar refractivity (Wildman–Crippen MR) is 106 cm³/mol. The summed E-state index contributed by atoms with van der Waals surface area (Å²) in [6.07, 6.45) is -4.13. The van der Waals surface area contributed by atoms with Crippen LogP contribution in [0.25, 0.3) is 0 Å². The van der Waals surface area contributed by atoms with Crippen LogP contribution >= 0.6 is 0 Å². The van der Waals surface area contributed by atoms with Crippen LogP contribution in [0.15, 0.2) is 35.3 Å². The summed E-state index contributed by atoms with van der Waals surface area (Å²) in [7, 11) is 3.03. The molecule has 1 aromatic carbocycles. The Balaban J connectivity index is 2.88. The molecule has 0 aliphatic carbocycles. The van der Waals surface area contributed by atoms with Gasteiger partial charge < -0.3 is 19.5 Å². The Hall–Kier alpha value is -2.97. The van der Waals surface area contributed by atoms with E-state index in [4.69, 9.17) is 9.47 Å². The lowest BCUT2D eigenvalue weighted by Crippen LogP contribution is -2.39. The SMILES string of the molecule is CN(C)C(=O)CC[C@H](N=C([O-])OC(C)(C)C)C(=O)C(F)C(=O)OCc1ccccc1. The van der Waals surface area contributed by atoms with Crippen LogP contribution in [0.4, 0.5) is 4.39 Å². The molecule has 0 saturated heterocycles. The van der Waals surface area contributed by atoms with Crippen LogP contribution in [-0.4, -0.2) is 60.6 Å². The van der Waals surface area contributed by atoms with Crippen LogP contribution in [0.2, 0.25) is 0 Å². The number of ether oxygens (including phenoxy) is 2.